The highest BCUT2D eigenvalue weighted by Crippen LogP contribution is 2.36. The first-order chi connectivity index (χ1) is 8.29. The first kappa shape index (κ1) is 12.7. The summed E-state index contributed by atoms with van der Waals surface area (Å²) in [5.41, 5.74) is 1.37. The molecule has 0 saturated heterocycles. The molecule has 1 fully saturated rings. The summed E-state index contributed by atoms with van der Waals surface area (Å²) in [5.74, 6) is 1.71. The molecule has 0 spiro atoms. The Morgan fingerprint density at radius 3 is 2.82 bits per heavy atom. The van der Waals surface area contributed by atoms with Crippen LogP contribution in [0, 0.1) is 11.8 Å². The quantitative estimate of drug-likeness (QED) is 0.623. The van der Waals surface area contributed by atoms with Gasteiger partial charge in [-0.15, -0.1) is 0 Å². The van der Waals surface area contributed by atoms with Crippen molar-refractivity contribution in [3.63, 3.8) is 0 Å². The molecule has 0 nitrogen and oxygen atoms in total. The maximum Gasteiger partial charge on any atom is 0.0408 e. The highest BCUT2D eigenvalue weighted by molar-refractivity contribution is 6.30. The van der Waals surface area contributed by atoms with Gasteiger partial charge in [0.15, 0.2) is 0 Å². The first-order valence-corrected chi connectivity index (χ1v) is 7.04. The molecule has 1 aliphatic rings. The average molecular weight is 249 g/mol. The molecule has 1 atom stereocenters. The molecule has 0 aromatic heterocycles. The van der Waals surface area contributed by atoms with Gasteiger partial charge in [0.2, 0.25) is 0 Å². The van der Waals surface area contributed by atoms with Gasteiger partial charge in [-0.05, 0) is 62.1 Å². The van der Waals surface area contributed by atoms with Crippen molar-refractivity contribution in [2.24, 2.45) is 11.8 Å². The Labute approximate surface area is 110 Å². The SMILES string of the molecule is C/C=C/C(CCc1cccc(Cl)c1)C1CCC1. The van der Waals surface area contributed by atoms with Crippen LogP contribution in [0.3, 0.4) is 0 Å². The maximum atomic E-state index is 6.01. The van der Waals surface area contributed by atoms with E-state index in [1.807, 2.05) is 12.1 Å². The summed E-state index contributed by atoms with van der Waals surface area (Å²) < 4.78 is 0. The lowest BCUT2D eigenvalue weighted by Gasteiger charge is -2.32. The lowest BCUT2D eigenvalue weighted by atomic mass is 9.73. The number of rotatable bonds is 5. The van der Waals surface area contributed by atoms with E-state index >= 15 is 0 Å². The van der Waals surface area contributed by atoms with E-state index in [0.717, 1.165) is 23.3 Å². The molecule has 0 amide bonds. The van der Waals surface area contributed by atoms with E-state index < -0.39 is 0 Å². The minimum Gasteiger partial charge on any atom is -0.0914 e. The van der Waals surface area contributed by atoms with E-state index in [-0.39, 0.29) is 0 Å². The van der Waals surface area contributed by atoms with E-state index in [1.54, 1.807) is 0 Å². The molecular formula is C16H21Cl. The van der Waals surface area contributed by atoms with Gasteiger partial charge in [0.1, 0.15) is 0 Å². The second kappa shape index (κ2) is 6.26. The second-order valence-electron chi connectivity index (χ2n) is 5.05. The molecule has 0 heterocycles. The molecular weight excluding hydrogens is 228 g/mol. The molecule has 1 heteroatoms. The van der Waals surface area contributed by atoms with E-state index in [2.05, 4.69) is 31.2 Å². The van der Waals surface area contributed by atoms with Crippen LogP contribution in [-0.2, 0) is 6.42 Å². The lowest BCUT2D eigenvalue weighted by molar-refractivity contribution is 0.232. The molecule has 0 N–H and O–H groups in total. The van der Waals surface area contributed by atoms with Gasteiger partial charge >= 0.3 is 0 Å². The van der Waals surface area contributed by atoms with Crippen LogP contribution in [0.4, 0.5) is 0 Å². The maximum absolute atomic E-state index is 6.01. The Morgan fingerprint density at radius 2 is 2.24 bits per heavy atom. The van der Waals surface area contributed by atoms with Crippen molar-refractivity contribution >= 4 is 11.6 Å². The van der Waals surface area contributed by atoms with E-state index in [0.29, 0.717) is 0 Å². The molecule has 92 valence electrons. The van der Waals surface area contributed by atoms with Crippen molar-refractivity contribution in [3.8, 4) is 0 Å². The van der Waals surface area contributed by atoms with Crippen LogP contribution in [0.2, 0.25) is 5.02 Å². The predicted molar refractivity (Wildman–Crippen MR) is 75.4 cm³/mol. The van der Waals surface area contributed by atoms with Gasteiger partial charge in [-0.1, -0.05) is 42.3 Å². The van der Waals surface area contributed by atoms with E-state index in [9.17, 15) is 0 Å². The molecule has 0 aliphatic heterocycles. The Kier molecular flexibility index (Phi) is 4.67. The van der Waals surface area contributed by atoms with Gasteiger partial charge in [0.05, 0.1) is 0 Å². The van der Waals surface area contributed by atoms with Crippen molar-refractivity contribution in [1.82, 2.24) is 0 Å². The highest BCUT2D eigenvalue weighted by Gasteiger charge is 2.24. The van der Waals surface area contributed by atoms with Gasteiger partial charge < -0.3 is 0 Å². The van der Waals surface area contributed by atoms with Crippen LogP contribution in [0.25, 0.3) is 0 Å². The Balaban J connectivity index is 1.90. The predicted octanol–water partition coefficient (Wildman–Crippen LogP) is 5.27. The smallest absolute Gasteiger partial charge is 0.0408 e. The van der Waals surface area contributed by atoms with Crippen LogP contribution in [0.1, 0.15) is 38.2 Å². The van der Waals surface area contributed by atoms with Crippen LogP contribution in [-0.4, -0.2) is 0 Å². The molecule has 1 aromatic rings. The number of benzene rings is 1. The number of aryl methyl sites for hydroxylation is 1. The first-order valence-electron chi connectivity index (χ1n) is 6.67. The number of hydrogen-bond donors (Lipinski definition) is 0. The number of allylic oxidation sites excluding steroid dienone is 2. The summed E-state index contributed by atoms with van der Waals surface area (Å²) in [6, 6.07) is 8.26. The Morgan fingerprint density at radius 1 is 1.41 bits per heavy atom. The summed E-state index contributed by atoms with van der Waals surface area (Å²) >= 11 is 6.01. The summed E-state index contributed by atoms with van der Waals surface area (Å²) in [6.45, 7) is 2.13. The molecule has 1 aliphatic carbocycles. The molecule has 17 heavy (non-hydrogen) atoms. The van der Waals surface area contributed by atoms with Gasteiger partial charge in [0, 0.05) is 5.02 Å². The Bertz CT molecular complexity index is 377. The van der Waals surface area contributed by atoms with Gasteiger partial charge in [0.25, 0.3) is 0 Å². The van der Waals surface area contributed by atoms with E-state index in [4.69, 9.17) is 11.6 Å². The third kappa shape index (κ3) is 3.61. The fraction of sp³-hybridized carbons (Fsp3) is 0.500. The third-order valence-corrected chi connectivity index (χ3v) is 4.09. The van der Waals surface area contributed by atoms with Gasteiger partial charge in [-0.25, -0.2) is 0 Å². The highest BCUT2D eigenvalue weighted by atomic mass is 35.5. The fourth-order valence-corrected chi connectivity index (χ4v) is 2.84. The zero-order valence-corrected chi connectivity index (χ0v) is 11.3. The molecule has 0 bridgehead atoms. The number of hydrogen-bond acceptors (Lipinski definition) is 0. The third-order valence-electron chi connectivity index (χ3n) is 3.85. The number of halogens is 1. The monoisotopic (exact) mass is 248 g/mol. The molecule has 1 unspecified atom stereocenters. The second-order valence-corrected chi connectivity index (χ2v) is 5.49. The fourth-order valence-electron chi connectivity index (χ4n) is 2.63. The van der Waals surface area contributed by atoms with Crippen molar-refractivity contribution in [1.29, 1.82) is 0 Å². The van der Waals surface area contributed by atoms with Gasteiger partial charge in [-0.3, -0.25) is 0 Å². The summed E-state index contributed by atoms with van der Waals surface area (Å²) in [4.78, 5) is 0. The van der Waals surface area contributed by atoms with Crippen LogP contribution < -0.4 is 0 Å². The largest absolute Gasteiger partial charge is 0.0914 e. The summed E-state index contributed by atoms with van der Waals surface area (Å²) in [7, 11) is 0. The molecule has 1 saturated carbocycles. The van der Waals surface area contributed by atoms with Crippen molar-refractivity contribution in [2.75, 3.05) is 0 Å². The van der Waals surface area contributed by atoms with Crippen LogP contribution >= 0.6 is 11.6 Å². The molecule has 2 rings (SSSR count). The minimum atomic E-state index is 0.771. The average Bonchev–Trinajstić information content (AvgIpc) is 2.24. The van der Waals surface area contributed by atoms with E-state index in [1.165, 1.54) is 31.2 Å². The zero-order chi connectivity index (χ0) is 12.1. The minimum absolute atomic E-state index is 0.771. The summed E-state index contributed by atoms with van der Waals surface area (Å²) in [5, 5.41) is 0.855. The van der Waals surface area contributed by atoms with Crippen molar-refractivity contribution < 1.29 is 0 Å². The zero-order valence-electron chi connectivity index (χ0n) is 10.5. The lowest BCUT2D eigenvalue weighted by Crippen LogP contribution is -2.21. The van der Waals surface area contributed by atoms with Crippen molar-refractivity contribution in [3.05, 3.63) is 47.0 Å². The normalized spacial score (nSPS) is 18.2. The van der Waals surface area contributed by atoms with Gasteiger partial charge in [-0.2, -0.15) is 0 Å². The summed E-state index contributed by atoms with van der Waals surface area (Å²) in [6.07, 6.45) is 11.3. The molecule has 0 radical (unpaired) electrons. The topological polar surface area (TPSA) is 0 Å². The van der Waals surface area contributed by atoms with Crippen molar-refractivity contribution in [2.45, 2.75) is 39.0 Å². The van der Waals surface area contributed by atoms with Crippen LogP contribution in [0.5, 0.6) is 0 Å². The standard InChI is InChI=1S/C16H21Cl/c1-2-5-14(15-7-4-8-15)11-10-13-6-3-9-16(17)12-13/h2-3,5-6,9,12,14-15H,4,7-8,10-11H2,1H3/b5-2+. The van der Waals surface area contributed by atoms with Crippen LogP contribution in [0.15, 0.2) is 36.4 Å². The Hall–Kier alpha value is -0.750. The molecule has 1 aromatic carbocycles.